The summed E-state index contributed by atoms with van der Waals surface area (Å²) in [5.74, 6) is 1.29. The second-order valence-corrected chi connectivity index (χ2v) is 7.06. The van der Waals surface area contributed by atoms with Crippen LogP contribution in [0.5, 0.6) is 11.5 Å². The lowest BCUT2D eigenvalue weighted by Gasteiger charge is -2.26. The van der Waals surface area contributed by atoms with Gasteiger partial charge in [0.05, 0.1) is 14.2 Å². The summed E-state index contributed by atoms with van der Waals surface area (Å²) in [6.07, 6.45) is 0. The number of carbonyl (C=O) groups is 1. The highest BCUT2D eigenvalue weighted by atomic mass is 35.5. The predicted molar refractivity (Wildman–Crippen MR) is 104 cm³/mol. The monoisotopic (exact) mass is 376 g/mol. The van der Waals surface area contributed by atoms with E-state index >= 15 is 0 Å². The molecule has 0 saturated heterocycles. The molecule has 0 fully saturated rings. The van der Waals surface area contributed by atoms with E-state index in [0.717, 1.165) is 11.1 Å². The molecular weight excluding hydrogens is 352 g/mol. The minimum absolute atomic E-state index is 0.227. The molecule has 2 aromatic carbocycles. The first kappa shape index (κ1) is 19.9. The number of benzene rings is 2. The Bertz CT molecular complexity index is 762. The van der Waals surface area contributed by atoms with Crippen molar-refractivity contribution in [2.24, 2.45) is 0 Å². The molecule has 5 nitrogen and oxygen atoms in total. The van der Waals surface area contributed by atoms with Gasteiger partial charge in [-0.2, -0.15) is 0 Å². The van der Waals surface area contributed by atoms with Crippen LogP contribution < -0.4 is 20.1 Å². The van der Waals surface area contributed by atoms with Crippen LogP contribution in [0.4, 0.5) is 4.79 Å². The van der Waals surface area contributed by atoms with Gasteiger partial charge in [-0.05, 0) is 35.4 Å². The van der Waals surface area contributed by atoms with Gasteiger partial charge in [0.25, 0.3) is 0 Å². The van der Waals surface area contributed by atoms with Crippen LogP contribution in [0.15, 0.2) is 42.5 Å². The highest BCUT2D eigenvalue weighted by Crippen LogP contribution is 2.27. The molecule has 2 N–H and O–H groups in total. The van der Waals surface area contributed by atoms with Gasteiger partial charge in [-0.1, -0.05) is 43.6 Å². The number of methoxy groups -OCH3 is 2. The molecule has 0 spiro atoms. The maximum atomic E-state index is 12.1. The number of halogens is 1. The Kier molecular flexibility index (Phi) is 6.75. The summed E-state index contributed by atoms with van der Waals surface area (Å²) in [4.78, 5) is 12.1. The van der Waals surface area contributed by atoms with Crippen LogP contribution >= 0.6 is 11.6 Å². The van der Waals surface area contributed by atoms with Crippen molar-refractivity contribution < 1.29 is 14.3 Å². The Hall–Kier alpha value is -2.40. The van der Waals surface area contributed by atoms with Gasteiger partial charge in [-0.15, -0.1) is 0 Å². The van der Waals surface area contributed by atoms with E-state index in [2.05, 4.69) is 24.5 Å². The van der Waals surface area contributed by atoms with E-state index in [-0.39, 0.29) is 11.4 Å². The van der Waals surface area contributed by atoms with Gasteiger partial charge >= 0.3 is 6.03 Å². The molecule has 2 amide bonds. The maximum Gasteiger partial charge on any atom is 0.315 e. The first-order chi connectivity index (χ1) is 12.4. The Morgan fingerprint density at radius 3 is 2.42 bits per heavy atom. The molecule has 0 aromatic heterocycles. The Morgan fingerprint density at radius 2 is 1.77 bits per heavy atom. The van der Waals surface area contributed by atoms with Crippen LogP contribution in [-0.2, 0) is 12.0 Å². The normalized spacial score (nSPS) is 11.0. The molecule has 0 atom stereocenters. The van der Waals surface area contributed by atoms with Crippen molar-refractivity contribution in [3.63, 3.8) is 0 Å². The number of nitrogens with one attached hydrogen (secondary N) is 2. The zero-order valence-corrected chi connectivity index (χ0v) is 16.3. The number of rotatable bonds is 7. The van der Waals surface area contributed by atoms with Crippen LogP contribution in [0.25, 0.3) is 0 Å². The third kappa shape index (κ3) is 5.30. The molecule has 0 aliphatic heterocycles. The lowest BCUT2D eigenvalue weighted by Crippen LogP contribution is -2.42. The van der Waals surface area contributed by atoms with E-state index in [0.29, 0.717) is 29.6 Å². The van der Waals surface area contributed by atoms with Crippen molar-refractivity contribution in [1.82, 2.24) is 10.6 Å². The molecule has 0 radical (unpaired) electrons. The van der Waals surface area contributed by atoms with Crippen LogP contribution in [0.2, 0.25) is 5.02 Å². The molecule has 0 aliphatic carbocycles. The van der Waals surface area contributed by atoms with Crippen molar-refractivity contribution in [3.8, 4) is 11.5 Å². The second kappa shape index (κ2) is 8.81. The van der Waals surface area contributed by atoms with E-state index in [1.807, 2.05) is 42.5 Å². The fourth-order valence-corrected chi connectivity index (χ4v) is 2.74. The zero-order valence-electron chi connectivity index (χ0n) is 15.6. The molecule has 2 rings (SSSR count). The molecule has 0 bridgehead atoms. The van der Waals surface area contributed by atoms with E-state index in [1.165, 1.54) is 0 Å². The quantitative estimate of drug-likeness (QED) is 0.763. The average molecular weight is 377 g/mol. The third-order valence-electron chi connectivity index (χ3n) is 4.20. The number of hydrogen-bond acceptors (Lipinski definition) is 3. The van der Waals surface area contributed by atoms with Gasteiger partial charge in [-0.3, -0.25) is 0 Å². The molecule has 2 aromatic rings. The third-order valence-corrected chi connectivity index (χ3v) is 4.43. The lowest BCUT2D eigenvalue weighted by molar-refractivity contribution is 0.238. The average Bonchev–Trinajstić information content (AvgIpc) is 2.64. The minimum atomic E-state index is -0.231. The molecule has 6 heteroatoms. The molecule has 26 heavy (non-hydrogen) atoms. The SMILES string of the molecule is COc1ccc(CNC(=O)NCC(C)(C)c2cccc(Cl)c2)cc1OC. The smallest absolute Gasteiger partial charge is 0.315 e. The van der Waals surface area contributed by atoms with Crippen molar-refractivity contribution >= 4 is 17.6 Å². The first-order valence-corrected chi connectivity index (χ1v) is 8.72. The van der Waals surface area contributed by atoms with Crippen LogP contribution in [0, 0.1) is 0 Å². The van der Waals surface area contributed by atoms with Crippen molar-refractivity contribution in [2.75, 3.05) is 20.8 Å². The largest absolute Gasteiger partial charge is 0.493 e. The summed E-state index contributed by atoms with van der Waals surface area (Å²) in [5.41, 5.74) is 1.77. The highest BCUT2D eigenvalue weighted by Gasteiger charge is 2.21. The molecule has 0 unspecified atom stereocenters. The summed E-state index contributed by atoms with van der Waals surface area (Å²) in [7, 11) is 3.17. The van der Waals surface area contributed by atoms with Crippen molar-refractivity contribution in [3.05, 3.63) is 58.6 Å². The second-order valence-electron chi connectivity index (χ2n) is 6.62. The fourth-order valence-electron chi connectivity index (χ4n) is 2.55. The van der Waals surface area contributed by atoms with Gasteiger partial charge < -0.3 is 20.1 Å². The van der Waals surface area contributed by atoms with Gasteiger partial charge in [0, 0.05) is 23.5 Å². The predicted octanol–water partition coefficient (Wildman–Crippen LogP) is 4.13. The Balaban J connectivity index is 1.89. The molecule has 0 saturated carbocycles. The summed E-state index contributed by atoms with van der Waals surface area (Å²) in [6, 6.07) is 13.0. The molecular formula is C20H25ClN2O3. The summed E-state index contributed by atoms with van der Waals surface area (Å²) < 4.78 is 10.5. The van der Waals surface area contributed by atoms with E-state index in [4.69, 9.17) is 21.1 Å². The number of urea groups is 1. The lowest BCUT2D eigenvalue weighted by atomic mass is 9.85. The summed E-state index contributed by atoms with van der Waals surface area (Å²) in [6.45, 7) is 5.01. The fraction of sp³-hybridized carbons (Fsp3) is 0.350. The number of hydrogen-bond donors (Lipinski definition) is 2. The maximum absolute atomic E-state index is 12.1. The standard InChI is InChI=1S/C20H25ClN2O3/c1-20(2,15-6-5-7-16(21)11-15)13-23-19(24)22-12-14-8-9-17(25-3)18(10-14)26-4/h5-11H,12-13H2,1-4H3,(H2,22,23,24). The van der Waals surface area contributed by atoms with Crippen molar-refractivity contribution in [1.29, 1.82) is 0 Å². The Labute approximate surface area is 159 Å². The number of carbonyl (C=O) groups excluding carboxylic acids is 1. The zero-order chi connectivity index (χ0) is 19.2. The molecule has 0 aliphatic rings. The summed E-state index contributed by atoms with van der Waals surface area (Å²) in [5, 5.41) is 6.45. The first-order valence-electron chi connectivity index (χ1n) is 8.34. The molecule has 0 heterocycles. The minimum Gasteiger partial charge on any atom is -0.493 e. The van der Waals surface area contributed by atoms with Gasteiger partial charge in [-0.25, -0.2) is 4.79 Å². The van der Waals surface area contributed by atoms with Gasteiger partial charge in [0.2, 0.25) is 0 Å². The van der Waals surface area contributed by atoms with Crippen LogP contribution in [0.1, 0.15) is 25.0 Å². The van der Waals surface area contributed by atoms with Crippen molar-refractivity contribution in [2.45, 2.75) is 25.8 Å². The number of ether oxygens (including phenoxy) is 2. The van der Waals surface area contributed by atoms with E-state index in [9.17, 15) is 4.79 Å². The Morgan fingerprint density at radius 1 is 1.04 bits per heavy atom. The topological polar surface area (TPSA) is 59.6 Å². The summed E-state index contributed by atoms with van der Waals surface area (Å²) >= 11 is 6.06. The van der Waals surface area contributed by atoms with Crippen LogP contribution in [0.3, 0.4) is 0 Å². The molecule has 140 valence electrons. The van der Waals surface area contributed by atoms with Crippen LogP contribution in [-0.4, -0.2) is 26.8 Å². The van der Waals surface area contributed by atoms with Gasteiger partial charge in [0.1, 0.15) is 0 Å². The van der Waals surface area contributed by atoms with Gasteiger partial charge in [0.15, 0.2) is 11.5 Å². The van der Waals surface area contributed by atoms with E-state index < -0.39 is 0 Å². The highest BCUT2D eigenvalue weighted by molar-refractivity contribution is 6.30. The number of amides is 2. The van der Waals surface area contributed by atoms with E-state index in [1.54, 1.807) is 14.2 Å².